The molecule has 1 aliphatic heterocycles. The van der Waals surface area contributed by atoms with Crippen LogP contribution in [0.25, 0.3) is 77.7 Å². The average molecular weight is 617 g/mol. The Labute approximate surface area is 276 Å². The lowest BCUT2D eigenvalue weighted by Crippen LogP contribution is -2.49. The van der Waals surface area contributed by atoms with Gasteiger partial charge in [-0.25, -0.2) is 9.97 Å². The van der Waals surface area contributed by atoms with E-state index in [1.807, 2.05) is 6.07 Å². The van der Waals surface area contributed by atoms with Gasteiger partial charge in [-0.15, -0.1) is 0 Å². The van der Waals surface area contributed by atoms with E-state index in [0.717, 1.165) is 49.9 Å². The first-order chi connectivity index (χ1) is 23.0. The Bertz CT molecular complexity index is 2480. The van der Waals surface area contributed by atoms with Gasteiger partial charge in [0.2, 0.25) is 0 Å². The molecule has 0 bridgehead atoms. The number of aromatic nitrogens is 2. The van der Waals surface area contributed by atoms with E-state index in [2.05, 4.69) is 165 Å². The van der Waals surface area contributed by atoms with Crippen LogP contribution >= 0.6 is 0 Å². The standard InChI is InChI=1S/C44H32N2Si/c1-47(2)41-19-10-9-18-35(41)38-27-33(22-25-42(38)47)32-16-11-17-34(26-32)40-28-37(29-12-5-3-6-13-29)36-23-20-31-21-24-39(30-14-7-4-8-15-30)45-43(31)44(36)46-40/h3-28H,1-2H3. The molecule has 0 N–H and O–H groups in total. The second kappa shape index (κ2) is 10.7. The second-order valence-electron chi connectivity index (χ2n) is 13.0. The molecule has 0 saturated carbocycles. The summed E-state index contributed by atoms with van der Waals surface area (Å²) in [7, 11) is -1.70. The monoisotopic (exact) mass is 616 g/mol. The highest BCUT2D eigenvalue weighted by Crippen LogP contribution is 2.37. The molecule has 0 spiro atoms. The fourth-order valence-corrected chi connectivity index (χ4v) is 10.5. The van der Waals surface area contributed by atoms with Crippen LogP contribution in [0.4, 0.5) is 0 Å². The van der Waals surface area contributed by atoms with Crippen LogP contribution in [-0.4, -0.2) is 18.0 Å². The van der Waals surface area contributed by atoms with E-state index in [0.29, 0.717) is 0 Å². The molecule has 1 aliphatic rings. The largest absolute Gasteiger partial charge is 0.245 e. The number of pyridine rings is 2. The molecular weight excluding hydrogens is 585 g/mol. The Morgan fingerprint density at radius 3 is 1.85 bits per heavy atom. The fourth-order valence-electron chi connectivity index (χ4n) is 7.40. The van der Waals surface area contributed by atoms with Gasteiger partial charge in [-0.1, -0.05) is 147 Å². The zero-order valence-electron chi connectivity index (χ0n) is 26.4. The van der Waals surface area contributed by atoms with E-state index >= 15 is 0 Å². The van der Waals surface area contributed by atoms with Crippen LogP contribution in [0, 0.1) is 0 Å². The van der Waals surface area contributed by atoms with E-state index < -0.39 is 8.07 Å². The van der Waals surface area contributed by atoms with Crippen LogP contribution in [0.15, 0.2) is 158 Å². The molecule has 0 unspecified atom stereocenters. The number of rotatable bonds is 4. The molecule has 2 aromatic heterocycles. The van der Waals surface area contributed by atoms with Crippen molar-refractivity contribution >= 4 is 40.3 Å². The maximum atomic E-state index is 5.38. The number of hydrogen-bond donors (Lipinski definition) is 0. The first-order valence-corrected chi connectivity index (χ1v) is 19.3. The third-order valence-corrected chi connectivity index (χ3v) is 13.4. The molecule has 0 amide bonds. The highest BCUT2D eigenvalue weighted by atomic mass is 28.3. The van der Waals surface area contributed by atoms with Crippen LogP contribution in [0.1, 0.15) is 0 Å². The van der Waals surface area contributed by atoms with Crippen molar-refractivity contribution in [2.24, 2.45) is 0 Å². The summed E-state index contributed by atoms with van der Waals surface area (Å²) < 4.78 is 0. The Hall–Kier alpha value is -5.64. The predicted molar refractivity (Wildman–Crippen MR) is 201 cm³/mol. The molecule has 6 aromatic carbocycles. The van der Waals surface area contributed by atoms with Gasteiger partial charge < -0.3 is 0 Å². The summed E-state index contributed by atoms with van der Waals surface area (Å²) in [5.41, 5.74) is 13.5. The number of benzene rings is 6. The Morgan fingerprint density at radius 1 is 0.383 bits per heavy atom. The van der Waals surface area contributed by atoms with Gasteiger partial charge in [0.15, 0.2) is 0 Å². The zero-order chi connectivity index (χ0) is 31.5. The topological polar surface area (TPSA) is 25.8 Å². The quantitative estimate of drug-likeness (QED) is 0.145. The highest BCUT2D eigenvalue weighted by Gasteiger charge is 2.37. The SMILES string of the molecule is C[Si]1(C)c2ccccc2-c2cc(-c3cccc(-c4cc(-c5ccccc5)c5ccc6ccc(-c7ccccc7)nc6c5n4)c3)ccc21. The summed E-state index contributed by atoms with van der Waals surface area (Å²) in [5.74, 6) is 0. The van der Waals surface area contributed by atoms with Crippen molar-refractivity contribution in [1.29, 1.82) is 0 Å². The minimum Gasteiger partial charge on any atom is -0.245 e. The lowest BCUT2D eigenvalue weighted by molar-refractivity contribution is 1.36. The average Bonchev–Trinajstić information content (AvgIpc) is 3.37. The van der Waals surface area contributed by atoms with Crippen LogP contribution in [0.5, 0.6) is 0 Å². The molecule has 0 fully saturated rings. The minimum absolute atomic E-state index is 0.920. The van der Waals surface area contributed by atoms with Crippen molar-refractivity contribution in [3.05, 3.63) is 158 Å². The van der Waals surface area contributed by atoms with Gasteiger partial charge in [0, 0.05) is 21.9 Å². The van der Waals surface area contributed by atoms with Crippen LogP contribution in [0.2, 0.25) is 13.1 Å². The molecule has 3 heteroatoms. The fraction of sp³-hybridized carbons (Fsp3) is 0.0455. The summed E-state index contributed by atoms with van der Waals surface area (Å²) in [6.45, 7) is 4.93. The van der Waals surface area contributed by atoms with E-state index in [4.69, 9.17) is 9.97 Å². The van der Waals surface area contributed by atoms with Gasteiger partial charge in [-0.05, 0) is 68.0 Å². The van der Waals surface area contributed by atoms with Crippen molar-refractivity contribution in [3.8, 4) is 55.9 Å². The molecular formula is C44H32N2Si. The highest BCUT2D eigenvalue weighted by molar-refractivity contribution is 7.03. The molecule has 0 aliphatic carbocycles. The third-order valence-electron chi connectivity index (χ3n) is 9.87. The van der Waals surface area contributed by atoms with Gasteiger partial charge >= 0.3 is 0 Å². The molecule has 3 heterocycles. The zero-order valence-corrected chi connectivity index (χ0v) is 27.4. The maximum Gasteiger partial charge on any atom is 0.113 e. The van der Waals surface area contributed by atoms with E-state index in [-0.39, 0.29) is 0 Å². The van der Waals surface area contributed by atoms with Crippen LogP contribution in [-0.2, 0) is 0 Å². The number of nitrogens with zero attached hydrogens (tertiary/aromatic N) is 2. The summed E-state index contributed by atoms with van der Waals surface area (Å²) in [5, 5.41) is 5.24. The number of fused-ring (bicyclic) bond motifs is 6. The minimum atomic E-state index is -1.70. The van der Waals surface area contributed by atoms with Crippen molar-refractivity contribution < 1.29 is 0 Å². The molecule has 8 aromatic rings. The van der Waals surface area contributed by atoms with Gasteiger partial charge in [0.05, 0.1) is 22.4 Å². The first-order valence-electron chi connectivity index (χ1n) is 16.3. The lowest BCUT2D eigenvalue weighted by atomic mass is 9.95. The number of hydrogen-bond acceptors (Lipinski definition) is 2. The molecule has 2 nitrogen and oxygen atoms in total. The van der Waals surface area contributed by atoms with Gasteiger partial charge in [0.25, 0.3) is 0 Å². The molecule has 0 saturated heterocycles. The second-order valence-corrected chi connectivity index (χ2v) is 17.4. The third kappa shape index (κ3) is 4.54. The van der Waals surface area contributed by atoms with E-state index in [1.54, 1.807) is 0 Å². The normalized spacial score (nSPS) is 13.1. The molecule has 0 atom stereocenters. The molecule has 47 heavy (non-hydrogen) atoms. The molecule has 222 valence electrons. The summed E-state index contributed by atoms with van der Waals surface area (Å²) in [6.07, 6.45) is 0. The lowest BCUT2D eigenvalue weighted by Gasteiger charge is -2.18. The van der Waals surface area contributed by atoms with Crippen molar-refractivity contribution in [3.63, 3.8) is 0 Å². The Morgan fingerprint density at radius 2 is 1.02 bits per heavy atom. The van der Waals surface area contributed by atoms with Crippen LogP contribution < -0.4 is 10.4 Å². The Kier molecular flexibility index (Phi) is 6.31. The molecule has 0 radical (unpaired) electrons. The van der Waals surface area contributed by atoms with Gasteiger partial charge in [-0.2, -0.15) is 0 Å². The summed E-state index contributed by atoms with van der Waals surface area (Å²) >= 11 is 0. The van der Waals surface area contributed by atoms with Gasteiger partial charge in [0.1, 0.15) is 8.07 Å². The van der Waals surface area contributed by atoms with E-state index in [9.17, 15) is 0 Å². The predicted octanol–water partition coefficient (Wildman–Crippen LogP) is 10.3. The van der Waals surface area contributed by atoms with Crippen molar-refractivity contribution in [2.75, 3.05) is 0 Å². The summed E-state index contributed by atoms with van der Waals surface area (Å²) in [6, 6.07) is 56.8. The molecule has 9 rings (SSSR count). The Balaban J connectivity index is 1.23. The van der Waals surface area contributed by atoms with Crippen LogP contribution in [0.3, 0.4) is 0 Å². The van der Waals surface area contributed by atoms with Gasteiger partial charge in [-0.3, -0.25) is 0 Å². The van der Waals surface area contributed by atoms with E-state index in [1.165, 1.54) is 38.2 Å². The maximum absolute atomic E-state index is 5.38. The van der Waals surface area contributed by atoms with Crippen molar-refractivity contribution in [2.45, 2.75) is 13.1 Å². The first kappa shape index (κ1) is 27.6. The summed E-state index contributed by atoms with van der Waals surface area (Å²) in [4.78, 5) is 10.6. The van der Waals surface area contributed by atoms with Crippen molar-refractivity contribution in [1.82, 2.24) is 9.97 Å². The smallest absolute Gasteiger partial charge is 0.113 e.